The van der Waals surface area contributed by atoms with Crippen molar-refractivity contribution in [1.82, 2.24) is 10.3 Å². The first kappa shape index (κ1) is 15.3. The Hall–Kier alpha value is -2.63. The van der Waals surface area contributed by atoms with Crippen molar-refractivity contribution >= 4 is 22.8 Å². The number of aromatic nitrogens is 1. The van der Waals surface area contributed by atoms with E-state index in [0.717, 1.165) is 19.3 Å². The number of carbonyl (C=O) groups is 2. The quantitative estimate of drug-likeness (QED) is 0.807. The molecule has 1 fully saturated rings. The van der Waals surface area contributed by atoms with Crippen LogP contribution in [0, 0.1) is 0 Å². The molecule has 1 aliphatic rings. The predicted octanol–water partition coefficient (Wildman–Crippen LogP) is 2.05. The number of rotatable bonds is 3. The molecule has 1 aromatic carbocycles. The minimum atomic E-state index is -1.24. The second kappa shape index (κ2) is 5.87. The first-order valence-corrected chi connectivity index (χ1v) is 7.70. The topological polar surface area (TPSA) is 99.3 Å². The maximum Gasteiger partial charge on any atom is 0.329 e. The molecule has 0 radical (unpaired) electrons. The van der Waals surface area contributed by atoms with E-state index in [1.54, 1.807) is 24.3 Å². The molecule has 1 aromatic heterocycles. The molecule has 1 saturated carbocycles. The summed E-state index contributed by atoms with van der Waals surface area (Å²) in [6.45, 7) is 0. The van der Waals surface area contributed by atoms with Crippen LogP contribution in [0.1, 0.15) is 42.5 Å². The molecule has 2 aromatic rings. The van der Waals surface area contributed by atoms with Gasteiger partial charge in [-0.2, -0.15) is 0 Å². The number of aliphatic carboxylic acids is 1. The zero-order valence-electron chi connectivity index (χ0n) is 12.6. The Bertz CT molecular complexity index is 819. The third-order valence-electron chi connectivity index (χ3n) is 4.46. The van der Waals surface area contributed by atoms with E-state index in [-0.39, 0.29) is 11.1 Å². The molecule has 120 valence electrons. The summed E-state index contributed by atoms with van der Waals surface area (Å²) >= 11 is 0. The van der Waals surface area contributed by atoms with Crippen molar-refractivity contribution in [2.45, 2.75) is 37.6 Å². The first-order valence-electron chi connectivity index (χ1n) is 7.70. The lowest BCUT2D eigenvalue weighted by Crippen LogP contribution is -2.55. The van der Waals surface area contributed by atoms with Crippen molar-refractivity contribution in [2.75, 3.05) is 0 Å². The highest BCUT2D eigenvalue weighted by molar-refractivity contribution is 6.07. The summed E-state index contributed by atoms with van der Waals surface area (Å²) in [5.41, 5.74) is -0.866. The zero-order valence-corrected chi connectivity index (χ0v) is 12.6. The predicted molar refractivity (Wildman–Crippen MR) is 85.5 cm³/mol. The van der Waals surface area contributed by atoms with Crippen molar-refractivity contribution in [3.05, 3.63) is 46.2 Å². The van der Waals surface area contributed by atoms with Crippen LogP contribution in [0.15, 0.2) is 35.1 Å². The smallest absolute Gasteiger partial charge is 0.329 e. The number of nitrogens with one attached hydrogen (secondary N) is 2. The van der Waals surface area contributed by atoms with Crippen LogP contribution in [-0.4, -0.2) is 27.5 Å². The summed E-state index contributed by atoms with van der Waals surface area (Å²) in [5.74, 6) is -1.53. The summed E-state index contributed by atoms with van der Waals surface area (Å²) in [6, 6.07) is 8.19. The van der Waals surface area contributed by atoms with Gasteiger partial charge >= 0.3 is 5.97 Å². The van der Waals surface area contributed by atoms with E-state index >= 15 is 0 Å². The molecule has 1 amide bonds. The van der Waals surface area contributed by atoms with E-state index in [0.29, 0.717) is 23.7 Å². The molecule has 0 bridgehead atoms. The van der Waals surface area contributed by atoms with Gasteiger partial charge in [-0.05, 0) is 18.9 Å². The molecular formula is C17H18N2O4. The number of fused-ring (bicyclic) bond motifs is 1. The number of hydrogen-bond donors (Lipinski definition) is 3. The van der Waals surface area contributed by atoms with Gasteiger partial charge < -0.3 is 15.4 Å². The number of carboxylic acids is 1. The van der Waals surface area contributed by atoms with Gasteiger partial charge in [0.15, 0.2) is 0 Å². The largest absolute Gasteiger partial charge is 0.480 e. The number of H-pyrrole nitrogens is 1. The Morgan fingerprint density at radius 2 is 1.83 bits per heavy atom. The molecule has 6 heteroatoms. The number of aromatic amines is 1. The van der Waals surface area contributed by atoms with Gasteiger partial charge in [0.1, 0.15) is 5.54 Å². The Morgan fingerprint density at radius 1 is 1.13 bits per heavy atom. The highest BCUT2D eigenvalue weighted by Crippen LogP contribution is 2.29. The number of para-hydroxylation sites is 1. The second-order valence-electron chi connectivity index (χ2n) is 5.99. The number of amides is 1. The fraction of sp³-hybridized carbons (Fsp3) is 0.353. The van der Waals surface area contributed by atoms with Crippen LogP contribution in [0.4, 0.5) is 0 Å². The Balaban J connectivity index is 2.00. The Labute approximate surface area is 132 Å². The summed E-state index contributed by atoms with van der Waals surface area (Å²) in [7, 11) is 0. The maximum atomic E-state index is 12.7. The third kappa shape index (κ3) is 2.84. The lowest BCUT2D eigenvalue weighted by Gasteiger charge is -2.34. The fourth-order valence-electron chi connectivity index (χ4n) is 3.22. The summed E-state index contributed by atoms with van der Waals surface area (Å²) in [5, 5.41) is 12.8. The summed E-state index contributed by atoms with van der Waals surface area (Å²) < 4.78 is 0. The SMILES string of the molecule is O=C(NC1(C(=O)O)CCCCC1)c1cc(=O)[nH]c2ccccc12. The van der Waals surface area contributed by atoms with Crippen LogP contribution in [0.25, 0.3) is 10.9 Å². The monoisotopic (exact) mass is 314 g/mol. The van der Waals surface area contributed by atoms with Crippen LogP contribution in [0.3, 0.4) is 0 Å². The van der Waals surface area contributed by atoms with Crippen molar-refractivity contribution in [2.24, 2.45) is 0 Å². The van der Waals surface area contributed by atoms with E-state index < -0.39 is 17.4 Å². The molecule has 0 unspecified atom stereocenters. The van der Waals surface area contributed by atoms with Crippen LogP contribution in [-0.2, 0) is 4.79 Å². The van der Waals surface area contributed by atoms with Gasteiger partial charge in [-0.1, -0.05) is 37.5 Å². The van der Waals surface area contributed by atoms with Gasteiger partial charge in [-0.3, -0.25) is 9.59 Å². The number of benzene rings is 1. The molecule has 1 heterocycles. The van der Waals surface area contributed by atoms with Gasteiger partial charge in [0.05, 0.1) is 5.56 Å². The molecular weight excluding hydrogens is 296 g/mol. The number of pyridine rings is 1. The van der Waals surface area contributed by atoms with Gasteiger partial charge in [0.25, 0.3) is 5.91 Å². The first-order chi connectivity index (χ1) is 11.0. The molecule has 0 aliphatic heterocycles. The Kier molecular flexibility index (Phi) is 3.90. The number of carboxylic acid groups (broad SMARTS) is 1. The molecule has 6 nitrogen and oxygen atoms in total. The highest BCUT2D eigenvalue weighted by atomic mass is 16.4. The Morgan fingerprint density at radius 3 is 2.52 bits per heavy atom. The van der Waals surface area contributed by atoms with E-state index in [2.05, 4.69) is 10.3 Å². The molecule has 3 N–H and O–H groups in total. The van der Waals surface area contributed by atoms with Crippen LogP contribution < -0.4 is 10.9 Å². The van der Waals surface area contributed by atoms with Gasteiger partial charge in [-0.15, -0.1) is 0 Å². The molecule has 0 spiro atoms. The average molecular weight is 314 g/mol. The maximum absolute atomic E-state index is 12.7. The van der Waals surface area contributed by atoms with Crippen molar-refractivity contribution < 1.29 is 14.7 Å². The molecule has 3 rings (SSSR count). The van der Waals surface area contributed by atoms with E-state index in [1.165, 1.54) is 6.07 Å². The van der Waals surface area contributed by atoms with Crippen molar-refractivity contribution in [3.63, 3.8) is 0 Å². The highest BCUT2D eigenvalue weighted by Gasteiger charge is 2.41. The average Bonchev–Trinajstić information content (AvgIpc) is 2.54. The van der Waals surface area contributed by atoms with Gasteiger partial charge in [0.2, 0.25) is 5.56 Å². The summed E-state index contributed by atoms with van der Waals surface area (Å²) in [4.78, 5) is 38.8. The van der Waals surface area contributed by atoms with Crippen LogP contribution in [0.5, 0.6) is 0 Å². The lowest BCUT2D eigenvalue weighted by atomic mass is 9.81. The molecule has 23 heavy (non-hydrogen) atoms. The minimum Gasteiger partial charge on any atom is -0.480 e. The lowest BCUT2D eigenvalue weighted by molar-refractivity contribution is -0.145. The third-order valence-corrected chi connectivity index (χ3v) is 4.46. The zero-order chi connectivity index (χ0) is 16.4. The standard InChI is InChI=1S/C17H18N2O4/c20-14-10-12(11-6-2-3-7-13(11)18-14)15(21)19-17(16(22)23)8-4-1-5-9-17/h2-3,6-7,10H,1,4-5,8-9H2,(H,18,20)(H,19,21)(H,22,23). The molecule has 0 saturated heterocycles. The van der Waals surface area contributed by atoms with E-state index in [9.17, 15) is 19.5 Å². The van der Waals surface area contributed by atoms with E-state index in [1.807, 2.05) is 0 Å². The van der Waals surface area contributed by atoms with Crippen LogP contribution in [0.2, 0.25) is 0 Å². The van der Waals surface area contributed by atoms with Gasteiger partial charge in [0, 0.05) is 17.0 Å². The van der Waals surface area contributed by atoms with Gasteiger partial charge in [-0.25, -0.2) is 4.79 Å². The number of hydrogen-bond acceptors (Lipinski definition) is 3. The van der Waals surface area contributed by atoms with Crippen LogP contribution >= 0.6 is 0 Å². The van der Waals surface area contributed by atoms with Crippen molar-refractivity contribution in [1.29, 1.82) is 0 Å². The van der Waals surface area contributed by atoms with Crippen molar-refractivity contribution in [3.8, 4) is 0 Å². The number of carbonyl (C=O) groups excluding carboxylic acids is 1. The fourth-order valence-corrected chi connectivity index (χ4v) is 3.22. The normalized spacial score (nSPS) is 16.9. The van der Waals surface area contributed by atoms with E-state index in [4.69, 9.17) is 0 Å². The second-order valence-corrected chi connectivity index (χ2v) is 5.99. The summed E-state index contributed by atoms with van der Waals surface area (Å²) in [6.07, 6.45) is 3.33. The minimum absolute atomic E-state index is 0.204. The molecule has 0 atom stereocenters. The molecule has 1 aliphatic carbocycles.